The van der Waals surface area contributed by atoms with Crippen molar-refractivity contribution in [3.8, 4) is 17.0 Å². The highest BCUT2D eigenvalue weighted by Gasteiger charge is 2.32. The summed E-state index contributed by atoms with van der Waals surface area (Å²) >= 11 is 6.29. The second-order valence-electron chi connectivity index (χ2n) is 7.31. The molecule has 0 unspecified atom stereocenters. The highest BCUT2D eigenvalue weighted by molar-refractivity contribution is 6.33. The van der Waals surface area contributed by atoms with Gasteiger partial charge < -0.3 is 10.0 Å². The van der Waals surface area contributed by atoms with Crippen LogP contribution in [0.4, 0.5) is 13.2 Å². The SMILES string of the molecule is CCN1C[C@H](Cn2cc3cc(Cl)c(-c4ccc(C(F)(F)F)cc4O)nc3n2)CC1=O. The zero-order valence-electron chi connectivity index (χ0n) is 15.9. The van der Waals surface area contributed by atoms with Crippen molar-refractivity contribution < 1.29 is 23.1 Å². The molecule has 0 bridgehead atoms. The number of phenols is 1. The van der Waals surface area contributed by atoms with Gasteiger partial charge in [0.15, 0.2) is 5.65 Å². The lowest BCUT2D eigenvalue weighted by Gasteiger charge is -2.13. The van der Waals surface area contributed by atoms with Crippen LogP contribution < -0.4 is 0 Å². The first-order valence-corrected chi connectivity index (χ1v) is 9.75. The molecule has 10 heteroatoms. The van der Waals surface area contributed by atoms with Crippen molar-refractivity contribution in [1.82, 2.24) is 19.7 Å². The number of alkyl halides is 3. The highest BCUT2D eigenvalue weighted by atomic mass is 35.5. The Balaban J connectivity index is 1.64. The third-order valence-corrected chi connectivity index (χ3v) is 5.49. The van der Waals surface area contributed by atoms with Crippen molar-refractivity contribution in [2.24, 2.45) is 5.92 Å². The number of likely N-dealkylation sites (tertiary alicyclic amines) is 1. The second kappa shape index (κ2) is 7.46. The number of rotatable bonds is 4. The molecule has 6 nitrogen and oxygen atoms in total. The van der Waals surface area contributed by atoms with Crippen LogP contribution in [0.2, 0.25) is 5.02 Å². The van der Waals surface area contributed by atoms with E-state index >= 15 is 0 Å². The summed E-state index contributed by atoms with van der Waals surface area (Å²) in [5.74, 6) is -0.303. The summed E-state index contributed by atoms with van der Waals surface area (Å²) < 4.78 is 40.2. The fourth-order valence-electron chi connectivity index (χ4n) is 3.72. The van der Waals surface area contributed by atoms with Crippen LogP contribution >= 0.6 is 11.6 Å². The first kappa shape index (κ1) is 20.5. The second-order valence-corrected chi connectivity index (χ2v) is 7.72. The predicted octanol–water partition coefficient (Wildman–Crippen LogP) is 4.34. The van der Waals surface area contributed by atoms with E-state index in [4.69, 9.17) is 11.6 Å². The number of benzene rings is 1. The molecule has 0 saturated carbocycles. The topological polar surface area (TPSA) is 71.2 Å². The van der Waals surface area contributed by atoms with Crippen LogP contribution in [0.5, 0.6) is 5.75 Å². The van der Waals surface area contributed by atoms with Crippen LogP contribution in [0.25, 0.3) is 22.3 Å². The summed E-state index contributed by atoms with van der Waals surface area (Å²) in [5.41, 5.74) is -0.374. The molecule has 3 heterocycles. The Morgan fingerprint density at radius 3 is 2.70 bits per heavy atom. The van der Waals surface area contributed by atoms with E-state index in [1.807, 2.05) is 6.92 Å². The van der Waals surface area contributed by atoms with Gasteiger partial charge in [-0.25, -0.2) is 4.98 Å². The van der Waals surface area contributed by atoms with Crippen molar-refractivity contribution >= 4 is 28.5 Å². The normalized spacial score (nSPS) is 17.3. The lowest BCUT2D eigenvalue weighted by atomic mass is 10.1. The highest BCUT2D eigenvalue weighted by Crippen LogP contribution is 2.38. The Morgan fingerprint density at radius 1 is 1.30 bits per heavy atom. The number of carbonyl (C=O) groups excluding carboxylic acids is 1. The summed E-state index contributed by atoms with van der Waals surface area (Å²) in [6.07, 6.45) is -2.34. The van der Waals surface area contributed by atoms with E-state index in [1.165, 1.54) is 0 Å². The minimum Gasteiger partial charge on any atom is -0.507 e. The van der Waals surface area contributed by atoms with E-state index in [0.717, 1.165) is 12.1 Å². The summed E-state index contributed by atoms with van der Waals surface area (Å²) in [5, 5.41) is 15.4. The molecule has 0 spiro atoms. The van der Waals surface area contributed by atoms with Gasteiger partial charge in [0.2, 0.25) is 5.91 Å². The van der Waals surface area contributed by atoms with Gasteiger partial charge in [-0.15, -0.1) is 0 Å². The molecule has 158 valence electrons. The smallest absolute Gasteiger partial charge is 0.416 e. The number of fused-ring (bicyclic) bond motifs is 1. The summed E-state index contributed by atoms with van der Waals surface area (Å²) in [6.45, 7) is 3.82. The molecule has 0 radical (unpaired) electrons. The van der Waals surface area contributed by atoms with E-state index in [0.29, 0.717) is 43.2 Å². The molecule has 1 aliphatic heterocycles. The Morgan fingerprint density at radius 2 is 2.07 bits per heavy atom. The van der Waals surface area contributed by atoms with E-state index in [-0.39, 0.29) is 28.1 Å². The number of aromatic nitrogens is 3. The molecule has 1 saturated heterocycles. The van der Waals surface area contributed by atoms with Gasteiger partial charge in [0, 0.05) is 49.1 Å². The van der Waals surface area contributed by atoms with Crippen molar-refractivity contribution in [3.63, 3.8) is 0 Å². The average molecular weight is 439 g/mol. The third-order valence-electron chi connectivity index (χ3n) is 5.20. The summed E-state index contributed by atoms with van der Waals surface area (Å²) in [6, 6.07) is 4.26. The van der Waals surface area contributed by atoms with Gasteiger partial charge >= 0.3 is 6.18 Å². The maximum Gasteiger partial charge on any atom is 0.416 e. The standard InChI is InChI=1S/C20H18ClF3N4O2/c1-2-27-8-11(5-17(27)30)9-28-10-12-6-15(21)18(25-19(12)26-28)14-4-3-13(7-16(14)29)20(22,23)24/h3-4,6-7,10-11,29H,2,5,8-9H2,1H3/t11-/m1/s1. The minimum absolute atomic E-state index is 0.0874. The van der Waals surface area contributed by atoms with Gasteiger partial charge in [-0.3, -0.25) is 9.48 Å². The molecular formula is C20H18ClF3N4O2. The van der Waals surface area contributed by atoms with Crippen LogP contribution in [-0.2, 0) is 17.5 Å². The van der Waals surface area contributed by atoms with Gasteiger partial charge in [0.25, 0.3) is 0 Å². The molecule has 1 fully saturated rings. The Kier molecular flexibility index (Phi) is 5.09. The molecule has 30 heavy (non-hydrogen) atoms. The van der Waals surface area contributed by atoms with Gasteiger partial charge in [0.05, 0.1) is 16.3 Å². The molecule has 1 atom stereocenters. The average Bonchev–Trinajstić information content (AvgIpc) is 3.22. The minimum atomic E-state index is -4.56. The fraction of sp³-hybridized carbons (Fsp3) is 0.350. The number of nitrogens with zero attached hydrogens (tertiary/aromatic N) is 4. The number of aromatic hydroxyl groups is 1. The molecule has 4 rings (SSSR count). The van der Waals surface area contributed by atoms with Crippen LogP contribution in [0.1, 0.15) is 18.9 Å². The van der Waals surface area contributed by atoms with Crippen LogP contribution in [0.15, 0.2) is 30.5 Å². The van der Waals surface area contributed by atoms with Crippen LogP contribution in [-0.4, -0.2) is 43.8 Å². The maximum absolute atomic E-state index is 12.8. The maximum atomic E-state index is 12.8. The molecule has 3 aromatic rings. The number of phenolic OH excluding ortho intramolecular Hbond substituents is 1. The number of hydrogen-bond acceptors (Lipinski definition) is 4. The zero-order valence-corrected chi connectivity index (χ0v) is 16.7. The molecule has 1 N–H and O–H groups in total. The van der Waals surface area contributed by atoms with Crippen molar-refractivity contribution in [2.45, 2.75) is 26.1 Å². The first-order chi connectivity index (χ1) is 14.2. The van der Waals surface area contributed by atoms with E-state index in [1.54, 1.807) is 21.8 Å². The number of halogens is 4. The number of carbonyl (C=O) groups is 1. The molecule has 1 amide bonds. The first-order valence-electron chi connectivity index (χ1n) is 9.37. The van der Waals surface area contributed by atoms with Gasteiger partial charge in [-0.2, -0.15) is 18.3 Å². The molecular weight excluding hydrogens is 421 g/mol. The summed E-state index contributed by atoms with van der Waals surface area (Å²) in [4.78, 5) is 18.1. The van der Waals surface area contributed by atoms with Crippen LogP contribution in [0, 0.1) is 5.92 Å². The lowest BCUT2D eigenvalue weighted by molar-refractivity contribution is -0.137. The molecule has 1 aromatic carbocycles. The number of pyridine rings is 1. The monoisotopic (exact) mass is 438 g/mol. The fourth-order valence-corrected chi connectivity index (χ4v) is 3.98. The van der Waals surface area contributed by atoms with E-state index in [2.05, 4.69) is 10.1 Å². The Labute approximate surface area is 174 Å². The van der Waals surface area contributed by atoms with Gasteiger partial charge in [0.1, 0.15) is 5.75 Å². The Bertz CT molecular complexity index is 1130. The number of amides is 1. The van der Waals surface area contributed by atoms with E-state index in [9.17, 15) is 23.1 Å². The third kappa shape index (κ3) is 3.81. The largest absolute Gasteiger partial charge is 0.507 e. The van der Waals surface area contributed by atoms with Gasteiger partial charge in [-0.05, 0) is 31.2 Å². The predicted molar refractivity (Wildman–Crippen MR) is 105 cm³/mol. The summed E-state index contributed by atoms with van der Waals surface area (Å²) in [7, 11) is 0. The molecule has 0 aliphatic carbocycles. The van der Waals surface area contributed by atoms with Crippen LogP contribution in [0.3, 0.4) is 0 Å². The lowest BCUT2D eigenvalue weighted by Crippen LogP contribution is -2.25. The number of hydrogen-bond donors (Lipinski definition) is 1. The van der Waals surface area contributed by atoms with Crippen molar-refractivity contribution in [2.75, 3.05) is 13.1 Å². The quantitative estimate of drug-likeness (QED) is 0.657. The van der Waals surface area contributed by atoms with Gasteiger partial charge in [-0.1, -0.05) is 11.6 Å². The van der Waals surface area contributed by atoms with Crippen molar-refractivity contribution in [3.05, 3.63) is 41.0 Å². The molecule has 1 aliphatic rings. The Hall–Kier alpha value is -2.81. The zero-order chi connectivity index (χ0) is 21.6. The van der Waals surface area contributed by atoms with E-state index < -0.39 is 17.5 Å². The molecule has 2 aromatic heterocycles. The van der Waals surface area contributed by atoms with Crippen molar-refractivity contribution in [1.29, 1.82) is 0 Å².